The van der Waals surface area contributed by atoms with Crippen LogP contribution in [0.3, 0.4) is 0 Å². The van der Waals surface area contributed by atoms with E-state index in [4.69, 9.17) is 0 Å². The Morgan fingerprint density at radius 3 is 1.21 bits per heavy atom. The van der Waals surface area contributed by atoms with Gasteiger partial charge in [-0.2, -0.15) is 12.1 Å². The first kappa shape index (κ1) is 38.9. The number of allylic oxidation sites excluding steroid dienone is 3. The van der Waals surface area contributed by atoms with Gasteiger partial charge >= 0.3 is 26.2 Å². The summed E-state index contributed by atoms with van der Waals surface area (Å²) in [6, 6.07) is 27.2. The topological polar surface area (TPSA) is 0 Å². The molecule has 0 saturated heterocycles. The molecule has 4 aromatic carbocycles. The van der Waals surface area contributed by atoms with Crippen LogP contribution in [0.4, 0.5) is 0 Å². The molecule has 0 aliphatic carbocycles. The fraction of sp³-hybridized carbons (Fsp3) is 0.436. The number of hydrogen-bond acceptors (Lipinski definition) is 0. The van der Waals surface area contributed by atoms with Crippen molar-refractivity contribution in [2.75, 3.05) is 0 Å². The van der Waals surface area contributed by atoms with Gasteiger partial charge in [-0.05, 0) is 55.2 Å². The fourth-order valence-electron chi connectivity index (χ4n) is 5.38. The molecule has 0 heterocycles. The molecule has 0 bridgehead atoms. The zero-order valence-corrected chi connectivity index (χ0v) is 32.1. The molecule has 4 unspecified atom stereocenters. The smallest absolute Gasteiger partial charge is 0.161 e. The summed E-state index contributed by atoms with van der Waals surface area (Å²) in [6.07, 6.45) is 10.7. The van der Waals surface area contributed by atoms with Crippen molar-refractivity contribution < 1.29 is 26.2 Å². The summed E-state index contributed by atoms with van der Waals surface area (Å²) in [5.41, 5.74) is 3.30. The van der Waals surface area contributed by atoms with E-state index in [2.05, 4.69) is 135 Å². The molecule has 0 N–H and O–H groups in total. The average molecular weight is 678 g/mol. The first-order chi connectivity index (χ1) is 19.8. The molecule has 3 heteroatoms. The minimum absolute atomic E-state index is 0. The molecule has 42 heavy (non-hydrogen) atoms. The first-order valence-corrected chi connectivity index (χ1v) is 18.8. The van der Waals surface area contributed by atoms with Crippen molar-refractivity contribution in [2.45, 2.75) is 111 Å². The van der Waals surface area contributed by atoms with Crippen molar-refractivity contribution in [3.05, 3.63) is 97.6 Å². The maximum absolute atomic E-state index is 3.46. The standard InChI is InChI=1S/2C17H24P.C5H8.Zr/c2*1-5-13(3)18(14(4)6-2)17-11-15-9-7-8-10-16(15)12-17;1-3-5-4-2;/h2*7-14H,5-6H2,1-4H3;3-5H,1H2,2H3;/q2*-1;;+2/b;;5-4+;. The van der Waals surface area contributed by atoms with Gasteiger partial charge in [-0.25, -0.2) is 0 Å². The maximum atomic E-state index is 3.46. The molecular formula is C39H56P2Zr. The van der Waals surface area contributed by atoms with E-state index in [1.54, 1.807) is 16.7 Å². The van der Waals surface area contributed by atoms with Crippen LogP contribution in [0, 0.1) is 0 Å². The number of rotatable bonds is 11. The summed E-state index contributed by atoms with van der Waals surface area (Å²) in [4.78, 5) is 0. The van der Waals surface area contributed by atoms with Crippen molar-refractivity contribution in [2.24, 2.45) is 0 Å². The third-order valence-electron chi connectivity index (χ3n) is 8.39. The van der Waals surface area contributed by atoms with E-state index in [-0.39, 0.29) is 42.0 Å². The minimum Gasteiger partial charge on any atom is -0.161 e. The molecular weight excluding hydrogens is 622 g/mol. The second-order valence-electron chi connectivity index (χ2n) is 11.3. The van der Waals surface area contributed by atoms with E-state index >= 15 is 0 Å². The van der Waals surface area contributed by atoms with Crippen LogP contribution >= 0.6 is 15.8 Å². The molecule has 0 nitrogen and oxygen atoms in total. The van der Waals surface area contributed by atoms with Gasteiger partial charge in [0.05, 0.1) is 0 Å². The molecule has 0 aliphatic rings. The Morgan fingerprint density at radius 1 is 0.643 bits per heavy atom. The zero-order chi connectivity index (χ0) is 30.4. The van der Waals surface area contributed by atoms with Crippen LogP contribution in [0.15, 0.2) is 97.6 Å². The van der Waals surface area contributed by atoms with Gasteiger partial charge < -0.3 is 0 Å². The second-order valence-corrected chi connectivity index (χ2v) is 17.5. The van der Waals surface area contributed by atoms with E-state index in [1.165, 1.54) is 47.2 Å². The molecule has 0 fully saturated rings. The summed E-state index contributed by atoms with van der Waals surface area (Å²) in [6.45, 7) is 24.4. The third-order valence-corrected chi connectivity index (χ3v) is 15.4. The number of hydrogen-bond donors (Lipinski definition) is 0. The van der Waals surface area contributed by atoms with E-state index in [0.29, 0.717) is 0 Å². The predicted octanol–water partition coefficient (Wildman–Crippen LogP) is 12.3. The molecule has 4 rings (SSSR count). The van der Waals surface area contributed by atoms with Crippen LogP contribution in [0.5, 0.6) is 0 Å². The van der Waals surface area contributed by atoms with Crippen molar-refractivity contribution in [3.63, 3.8) is 0 Å². The van der Waals surface area contributed by atoms with Crippen molar-refractivity contribution >= 4 is 48.0 Å². The first-order valence-electron chi connectivity index (χ1n) is 15.9. The van der Waals surface area contributed by atoms with E-state index in [0.717, 1.165) is 22.6 Å². The van der Waals surface area contributed by atoms with Crippen molar-refractivity contribution in [1.29, 1.82) is 0 Å². The summed E-state index contributed by atoms with van der Waals surface area (Å²) < 4.78 is 0. The van der Waals surface area contributed by atoms with Crippen LogP contribution in [-0.4, -0.2) is 22.6 Å². The Bertz CT molecular complexity index is 1130. The monoisotopic (exact) mass is 676 g/mol. The molecule has 0 spiro atoms. The summed E-state index contributed by atoms with van der Waals surface area (Å²) in [5, 5.41) is 8.85. The van der Waals surface area contributed by atoms with Crippen LogP contribution < -0.4 is 10.6 Å². The Labute approximate surface area is 280 Å². The van der Waals surface area contributed by atoms with Gasteiger partial charge in [0, 0.05) is 0 Å². The Balaban J connectivity index is 0.000000355. The largest absolute Gasteiger partial charge is 2.00 e. The minimum atomic E-state index is -0.0252. The van der Waals surface area contributed by atoms with Gasteiger partial charge in [-0.15, -0.1) is 80.7 Å². The van der Waals surface area contributed by atoms with Crippen LogP contribution in [-0.2, 0) is 26.2 Å². The molecule has 0 aromatic heterocycles. The summed E-state index contributed by atoms with van der Waals surface area (Å²) in [5.74, 6) is 0. The Kier molecular flexibility index (Phi) is 19.2. The van der Waals surface area contributed by atoms with Gasteiger partial charge in [-0.1, -0.05) is 108 Å². The van der Waals surface area contributed by atoms with Gasteiger partial charge in [-0.3, -0.25) is 0 Å². The third kappa shape index (κ3) is 11.1. The van der Waals surface area contributed by atoms with Crippen molar-refractivity contribution in [1.82, 2.24) is 0 Å². The van der Waals surface area contributed by atoms with Gasteiger partial charge in [0.1, 0.15) is 0 Å². The zero-order valence-electron chi connectivity index (χ0n) is 27.9. The molecule has 4 aromatic rings. The molecule has 0 aliphatic heterocycles. The normalized spacial score (nSPS) is 15.4. The molecule has 0 radical (unpaired) electrons. The van der Waals surface area contributed by atoms with E-state index in [1.807, 2.05) is 19.1 Å². The van der Waals surface area contributed by atoms with Gasteiger partial charge in [0.2, 0.25) is 0 Å². The molecule has 0 saturated carbocycles. The van der Waals surface area contributed by atoms with Gasteiger partial charge in [0.15, 0.2) is 0 Å². The predicted molar refractivity (Wildman–Crippen MR) is 196 cm³/mol. The summed E-state index contributed by atoms with van der Waals surface area (Å²) >= 11 is 0. The number of benzene rings is 2. The van der Waals surface area contributed by atoms with E-state index in [9.17, 15) is 0 Å². The number of fused-ring (bicyclic) bond motifs is 2. The average Bonchev–Trinajstić information content (AvgIpc) is 3.62. The Morgan fingerprint density at radius 2 is 0.976 bits per heavy atom. The summed E-state index contributed by atoms with van der Waals surface area (Å²) in [7, 11) is -0.0504. The molecule has 4 atom stereocenters. The van der Waals surface area contributed by atoms with Crippen LogP contribution in [0.25, 0.3) is 21.5 Å². The fourth-order valence-corrected chi connectivity index (χ4v) is 11.9. The Hall–Kier alpha value is -1.12. The van der Waals surface area contributed by atoms with E-state index < -0.39 is 0 Å². The van der Waals surface area contributed by atoms with Gasteiger partial charge in [0.25, 0.3) is 0 Å². The molecule has 0 amide bonds. The second kappa shape index (κ2) is 20.8. The SMILES string of the molecule is C=C/C=C/C.CCC(C)P(c1cc2ccccc2[cH-]1)C(C)CC.CCC(C)P(c1cc2ccccc2[cH-]1)C(C)CC.[Zr+2]. The van der Waals surface area contributed by atoms with Crippen LogP contribution in [0.1, 0.15) is 88.0 Å². The van der Waals surface area contributed by atoms with Crippen LogP contribution in [0.2, 0.25) is 0 Å². The van der Waals surface area contributed by atoms with Crippen molar-refractivity contribution in [3.8, 4) is 0 Å². The molecule has 226 valence electrons. The maximum Gasteiger partial charge on any atom is 2.00 e. The quantitative estimate of drug-likeness (QED) is 0.0842.